The van der Waals surface area contributed by atoms with Gasteiger partial charge >= 0.3 is 5.97 Å². The molecular weight excluding hydrogens is 352 g/mol. The summed E-state index contributed by atoms with van der Waals surface area (Å²) < 4.78 is 5.08. The lowest BCUT2D eigenvalue weighted by molar-refractivity contribution is -0.147. The summed E-state index contributed by atoms with van der Waals surface area (Å²) in [4.78, 5) is 38.9. The van der Waals surface area contributed by atoms with Gasteiger partial charge in [0.15, 0.2) is 6.61 Å². The molecule has 0 aromatic heterocycles. The molecule has 1 heterocycles. The van der Waals surface area contributed by atoms with Crippen molar-refractivity contribution < 1.29 is 19.1 Å². The third-order valence-electron chi connectivity index (χ3n) is 3.74. The molecule has 1 aliphatic rings. The number of nitrogens with one attached hydrogen (secondary N) is 1. The number of benzene rings is 2. The summed E-state index contributed by atoms with van der Waals surface area (Å²) in [5, 5.41) is 2.52. The highest BCUT2D eigenvalue weighted by atomic mass is 32.2. The van der Waals surface area contributed by atoms with Crippen LogP contribution in [0.15, 0.2) is 58.3 Å². The van der Waals surface area contributed by atoms with E-state index in [9.17, 15) is 14.4 Å². The van der Waals surface area contributed by atoms with Gasteiger partial charge in [0.2, 0.25) is 5.91 Å². The number of rotatable bonds is 5. The van der Waals surface area contributed by atoms with Gasteiger partial charge in [-0.05, 0) is 24.3 Å². The second-order valence-corrected chi connectivity index (χ2v) is 6.74. The van der Waals surface area contributed by atoms with Gasteiger partial charge in [0.1, 0.15) is 0 Å². The summed E-state index contributed by atoms with van der Waals surface area (Å²) in [6, 6.07) is 15.2. The van der Waals surface area contributed by atoms with Crippen molar-refractivity contribution in [3.05, 3.63) is 48.5 Å². The van der Waals surface area contributed by atoms with Gasteiger partial charge in [-0.3, -0.25) is 19.3 Å². The van der Waals surface area contributed by atoms with Crippen LogP contribution in [-0.4, -0.2) is 30.9 Å². The highest BCUT2D eigenvalue weighted by molar-refractivity contribution is 7.99. The zero-order valence-electron chi connectivity index (χ0n) is 14.2. The number of anilines is 2. The van der Waals surface area contributed by atoms with E-state index in [1.807, 2.05) is 48.5 Å². The lowest BCUT2D eigenvalue weighted by Gasteiger charge is -2.30. The topological polar surface area (TPSA) is 75.7 Å². The Kier molecular flexibility index (Phi) is 5.58. The highest BCUT2D eigenvalue weighted by Crippen LogP contribution is 2.47. The molecule has 6 nitrogen and oxygen atoms in total. The van der Waals surface area contributed by atoms with Crippen molar-refractivity contribution in [3.63, 3.8) is 0 Å². The number of amides is 2. The molecule has 2 aromatic carbocycles. The summed E-state index contributed by atoms with van der Waals surface area (Å²) in [6.07, 6.45) is 0.0237. The molecule has 1 aliphatic heterocycles. The maximum Gasteiger partial charge on any atom is 0.308 e. The van der Waals surface area contributed by atoms with Gasteiger partial charge in [0, 0.05) is 23.3 Å². The molecule has 0 radical (unpaired) electrons. The quantitative estimate of drug-likeness (QED) is 0.819. The van der Waals surface area contributed by atoms with Crippen LogP contribution in [0.2, 0.25) is 0 Å². The number of hydrogen-bond donors (Lipinski definition) is 1. The SMILES string of the molecule is CC(=O)NCCC(=O)OCC(=O)N1c2ccccc2Sc2ccccc21. The average Bonchev–Trinajstić information content (AvgIpc) is 2.63. The van der Waals surface area contributed by atoms with E-state index in [1.165, 1.54) is 6.92 Å². The van der Waals surface area contributed by atoms with E-state index in [0.717, 1.165) is 21.2 Å². The first-order valence-electron chi connectivity index (χ1n) is 8.15. The van der Waals surface area contributed by atoms with Crippen LogP contribution in [0.25, 0.3) is 0 Å². The lowest BCUT2D eigenvalue weighted by atomic mass is 10.2. The molecule has 2 aromatic rings. The first kappa shape index (κ1) is 18.0. The van der Waals surface area contributed by atoms with Crippen molar-refractivity contribution in [1.29, 1.82) is 0 Å². The van der Waals surface area contributed by atoms with Crippen molar-refractivity contribution >= 4 is 40.9 Å². The fourth-order valence-electron chi connectivity index (χ4n) is 2.59. The molecule has 0 atom stereocenters. The molecule has 0 unspecified atom stereocenters. The number of para-hydroxylation sites is 2. The fraction of sp³-hybridized carbons (Fsp3) is 0.211. The Hall–Kier alpha value is -2.80. The normalized spacial score (nSPS) is 12.0. The van der Waals surface area contributed by atoms with Crippen LogP contribution in [0.4, 0.5) is 11.4 Å². The van der Waals surface area contributed by atoms with E-state index < -0.39 is 5.97 Å². The van der Waals surface area contributed by atoms with Gasteiger partial charge in [-0.15, -0.1) is 0 Å². The Labute approximate surface area is 155 Å². The Balaban J connectivity index is 1.71. The van der Waals surface area contributed by atoms with Crippen LogP contribution < -0.4 is 10.2 Å². The Morgan fingerprint density at radius 1 is 1.00 bits per heavy atom. The van der Waals surface area contributed by atoms with Gasteiger partial charge in [0.25, 0.3) is 5.91 Å². The van der Waals surface area contributed by atoms with E-state index in [0.29, 0.717) is 0 Å². The maximum absolute atomic E-state index is 12.8. The van der Waals surface area contributed by atoms with Crippen LogP contribution in [0, 0.1) is 0 Å². The number of fused-ring (bicyclic) bond motifs is 2. The zero-order valence-corrected chi connectivity index (χ0v) is 15.0. The number of carbonyl (C=O) groups excluding carboxylic acids is 3. The molecule has 0 bridgehead atoms. The van der Waals surface area contributed by atoms with Gasteiger partial charge in [-0.1, -0.05) is 36.0 Å². The number of ether oxygens (including phenoxy) is 1. The maximum atomic E-state index is 12.8. The van der Waals surface area contributed by atoms with E-state index in [-0.39, 0.29) is 31.4 Å². The molecule has 0 fully saturated rings. The molecule has 134 valence electrons. The molecule has 0 spiro atoms. The standard InChI is InChI=1S/C19H18N2O4S/c1-13(22)20-11-10-19(24)25-12-18(23)21-14-6-2-4-8-16(14)26-17-9-5-3-7-15(17)21/h2-9H,10-12H2,1H3,(H,20,22). The molecule has 3 rings (SSSR count). The minimum absolute atomic E-state index is 0.0237. The van der Waals surface area contributed by atoms with Crippen LogP contribution >= 0.6 is 11.8 Å². The second kappa shape index (κ2) is 8.05. The third-order valence-corrected chi connectivity index (χ3v) is 4.87. The first-order valence-corrected chi connectivity index (χ1v) is 8.97. The Morgan fingerprint density at radius 3 is 2.15 bits per heavy atom. The highest BCUT2D eigenvalue weighted by Gasteiger charge is 2.28. The molecule has 0 aliphatic carbocycles. The number of nitrogens with zero attached hydrogens (tertiary/aromatic N) is 1. The number of carbonyl (C=O) groups is 3. The van der Waals surface area contributed by atoms with Gasteiger partial charge in [-0.2, -0.15) is 0 Å². The van der Waals surface area contributed by atoms with Crippen LogP contribution in [0.3, 0.4) is 0 Å². The predicted octanol–water partition coefficient (Wildman–Crippen LogP) is 2.89. The van der Waals surface area contributed by atoms with E-state index >= 15 is 0 Å². The van der Waals surface area contributed by atoms with Crippen LogP contribution in [-0.2, 0) is 19.1 Å². The molecule has 0 saturated heterocycles. The minimum atomic E-state index is -0.528. The van der Waals surface area contributed by atoms with E-state index in [1.54, 1.807) is 16.7 Å². The number of hydrogen-bond acceptors (Lipinski definition) is 5. The smallest absolute Gasteiger partial charge is 0.308 e. The van der Waals surface area contributed by atoms with Crippen LogP contribution in [0.5, 0.6) is 0 Å². The monoisotopic (exact) mass is 370 g/mol. The summed E-state index contributed by atoms with van der Waals surface area (Å²) >= 11 is 1.60. The van der Waals surface area contributed by atoms with Crippen molar-refractivity contribution in [2.45, 2.75) is 23.1 Å². The summed E-state index contributed by atoms with van der Waals surface area (Å²) in [5.74, 6) is -1.06. The minimum Gasteiger partial charge on any atom is -0.455 e. The van der Waals surface area contributed by atoms with Crippen molar-refractivity contribution in [3.8, 4) is 0 Å². The van der Waals surface area contributed by atoms with E-state index in [4.69, 9.17) is 4.74 Å². The van der Waals surface area contributed by atoms with Crippen molar-refractivity contribution in [2.24, 2.45) is 0 Å². The summed E-state index contributed by atoms with van der Waals surface area (Å²) in [5.41, 5.74) is 1.55. The molecule has 0 saturated carbocycles. The largest absolute Gasteiger partial charge is 0.455 e. The van der Waals surface area contributed by atoms with Crippen molar-refractivity contribution in [2.75, 3.05) is 18.1 Å². The summed E-state index contributed by atoms with van der Waals surface area (Å²) in [6.45, 7) is 1.21. The Bertz CT molecular complexity index is 807. The fourth-order valence-corrected chi connectivity index (χ4v) is 3.65. The predicted molar refractivity (Wildman–Crippen MR) is 98.4 cm³/mol. The van der Waals surface area contributed by atoms with Gasteiger partial charge < -0.3 is 10.1 Å². The molecule has 2 amide bonds. The Morgan fingerprint density at radius 2 is 1.58 bits per heavy atom. The van der Waals surface area contributed by atoms with Gasteiger partial charge in [-0.25, -0.2) is 0 Å². The first-order chi connectivity index (χ1) is 12.6. The molecule has 7 heteroatoms. The van der Waals surface area contributed by atoms with Gasteiger partial charge in [0.05, 0.1) is 17.8 Å². The molecular formula is C19H18N2O4S. The van der Waals surface area contributed by atoms with Crippen LogP contribution in [0.1, 0.15) is 13.3 Å². The van der Waals surface area contributed by atoms with Crippen molar-refractivity contribution in [1.82, 2.24) is 5.32 Å². The zero-order chi connectivity index (χ0) is 18.5. The molecule has 26 heavy (non-hydrogen) atoms. The third kappa shape index (κ3) is 4.05. The van der Waals surface area contributed by atoms with E-state index in [2.05, 4.69) is 5.32 Å². The molecule has 1 N–H and O–H groups in total. The summed E-state index contributed by atoms with van der Waals surface area (Å²) in [7, 11) is 0. The lowest BCUT2D eigenvalue weighted by Crippen LogP contribution is -2.33. The number of esters is 1. The second-order valence-electron chi connectivity index (χ2n) is 5.66. The average molecular weight is 370 g/mol.